The summed E-state index contributed by atoms with van der Waals surface area (Å²) in [5.74, 6) is 0.517. The van der Waals surface area contributed by atoms with Crippen molar-refractivity contribution in [3.8, 4) is 0 Å². The lowest BCUT2D eigenvalue weighted by Crippen LogP contribution is -2.32. The van der Waals surface area contributed by atoms with Crippen molar-refractivity contribution in [3.05, 3.63) is 48.0 Å². The van der Waals surface area contributed by atoms with Gasteiger partial charge in [-0.2, -0.15) is 0 Å². The average molecular weight is 296 g/mol. The fourth-order valence-corrected chi connectivity index (χ4v) is 3.37. The van der Waals surface area contributed by atoms with E-state index in [-0.39, 0.29) is 11.9 Å². The van der Waals surface area contributed by atoms with Gasteiger partial charge in [-0.3, -0.25) is 4.79 Å². The van der Waals surface area contributed by atoms with E-state index in [4.69, 9.17) is 5.73 Å². The Bertz CT molecular complexity index is 653. The van der Waals surface area contributed by atoms with Crippen LogP contribution in [0.25, 0.3) is 10.8 Å². The van der Waals surface area contributed by atoms with Crippen molar-refractivity contribution < 1.29 is 4.79 Å². The van der Waals surface area contributed by atoms with Crippen LogP contribution in [0.15, 0.2) is 42.5 Å². The van der Waals surface area contributed by atoms with Crippen LogP contribution in [0, 0.1) is 5.92 Å². The molecule has 116 valence electrons. The molecule has 1 fully saturated rings. The maximum absolute atomic E-state index is 12.0. The van der Waals surface area contributed by atoms with Gasteiger partial charge < -0.3 is 11.1 Å². The van der Waals surface area contributed by atoms with Gasteiger partial charge in [0.1, 0.15) is 0 Å². The van der Waals surface area contributed by atoms with E-state index >= 15 is 0 Å². The minimum atomic E-state index is 0.142. The van der Waals surface area contributed by atoms with Gasteiger partial charge in [0.05, 0.1) is 0 Å². The van der Waals surface area contributed by atoms with E-state index < -0.39 is 0 Å². The molecule has 3 heteroatoms. The van der Waals surface area contributed by atoms with Crippen molar-refractivity contribution in [2.24, 2.45) is 11.7 Å². The first-order valence-corrected chi connectivity index (χ1v) is 8.22. The summed E-state index contributed by atoms with van der Waals surface area (Å²) in [6.07, 6.45) is 4.77. The van der Waals surface area contributed by atoms with Gasteiger partial charge in [0.2, 0.25) is 5.91 Å². The molecule has 0 saturated heterocycles. The van der Waals surface area contributed by atoms with Crippen LogP contribution in [0.1, 0.15) is 31.2 Å². The Morgan fingerprint density at radius 2 is 1.95 bits per heavy atom. The van der Waals surface area contributed by atoms with Crippen molar-refractivity contribution in [1.29, 1.82) is 0 Å². The molecule has 0 spiro atoms. The van der Waals surface area contributed by atoms with Gasteiger partial charge >= 0.3 is 0 Å². The van der Waals surface area contributed by atoms with Gasteiger partial charge in [-0.05, 0) is 41.5 Å². The highest BCUT2D eigenvalue weighted by molar-refractivity contribution is 5.83. The molecular formula is C19H24N2O. The van der Waals surface area contributed by atoms with Gasteiger partial charge in [0.15, 0.2) is 0 Å². The molecule has 0 aliphatic heterocycles. The number of hydrogen-bond acceptors (Lipinski definition) is 2. The fraction of sp³-hybridized carbons (Fsp3) is 0.421. The third-order valence-corrected chi connectivity index (χ3v) is 4.72. The Balaban J connectivity index is 1.48. The van der Waals surface area contributed by atoms with Crippen molar-refractivity contribution in [2.45, 2.75) is 38.1 Å². The molecule has 1 aliphatic rings. The summed E-state index contributed by atoms with van der Waals surface area (Å²) < 4.78 is 0. The second kappa shape index (κ2) is 6.93. The summed E-state index contributed by atoms with van der Waals surface area (Å²) in [5, 5.41) is 5.54. The van der Waals surface area contributed by atoms with Crippen LogP contribution in [0.3, 0.4) is 0 Å². The highest BCUT2D eigenvalue weighted by Crippen LogP contribution is 2.26. The van der Waals surface area contributed by atoms with Crippen LogP contribution in [0.2, 0.25) is 0 Å². The van der Waals surface area contributed by atoms with Crippen molar-refractivity contribution in [2.75, 3.05) is 6.54 Å². The fourth-order valence-electron chi connectivity index (χ4n) is 3.37. The molecular weight excluding hydrogens is 272 g/mol. The van der Waals surface area contributed by atoms with Crippen LogP contribution in [-0.4, -0.2) is 18.5 Å². The number of amides is 1. The van der Waals surface area contributed by atoms with E-state index in [1.807, 2.05) is 0 Å². The lowest BCUT2D eigenvalue weighted by molar-refractivity contribution is -0.122. The second-order valence-corrected chi connectivity index (χ2v) is 6.34. The zero-order valence-electron chi connectivity index (χ0n) is 12.9. The Morgan fingerprint density at radius 3 is 2.73 bits per heavy atom. The highest BCUT2D eigenvalue weighted by Gasteiger charge is 2.25. The summed E-state index contributed by atoms with van der Waals surface area (Å²) in [5.41, 5.74) is 7.28. The normalized spacial score (nSPS) is 21.1. The van der Waals surface area contributed by atoms with Crippen LogP contribution in [-0.2, 0) is 11.2 Å². The van der Waals surface area contributed by atoms with Crippen LogP contribution in [0.4, 0.5) is 0 Å². The maximum Gasteiger partial charge on any atom is 0.220 e. The van der Waals surface area contributed by atoms with Crippen molar-refractivity contribution >= 4 is 16.7 Å². The Kier molecular flexibility index (Phi) is 4.74. The standard InChI is InChI=1S/C19H24N2O/c20-18-7-3-6-17(18)13-19(22)21-11-10-14-8-9-15-4-1-2-5-16(15)12-14/h1-2,4-5,8-9,12,17-18H,3,6-7,10-11,13,20H2,(H,21,22)/t17-,18+/m0/s1. The first kappa shape index (κ1) is 15.0. The van der Waals surface area contributed by atoms with E-state index in [0.717, 1.165) is 25.7 Å². The Morgan fingerprint density at radius 1 is 1.14 bits per heavy atom. The number of fused-ring (bicyclic) bond motifs is 1. The molecule has 2 atom stereocenters. The smallest absolute Gasteiger partial charge is 0.220 e. The van der Waals surface area contributed by atoms with E-state index in [0.29, 0.717) is 18.9 Å². The number of hydrogen-bond donors (Lipinski definition) is 2. The SMILES string of the molecule is N[C@@H]1CCC[C@H]1CC(=O)NCCc1ccc2ccccc2c1. The van der Waals surface area contributed by atoms with E-state index in [9.17, 15) is 4.79 Å². The first-order chi connectivity index (χ1) is 10.7. The zero-order chi connectivity index (χ0) is 15.4. The van der Waals surface area contributed by atoms with E-state index in [1.165, 1.54) is 16.3 Å². The maximum atomic E-state index is 12.0. The third-order valence-electron chi connectivity index (χ3n) is 4.72. The molecule has 0 heterocycles. The van der Waals surface area contributed by atoms with Gasteiger partial charge in [-0.15, -0.1) is 0 Å². The van der Waals surface area contributed by atoms with Crippen LogP contribution >= 0.6 is 0 Å². The summed E-state index contributed by atoms with van der Waals surface area (Å²) in [7, 11) is 0. The van der Waals surface area contributed by atoms with E-state index in [1.54, 1.807) is 0 Å². The predicted octanol–water partition coefficient (Wildman–Crippen LogP) is 3.02. The molecule has 3 N–H and O–H groups in total. The molecule has 0 bridgehead atoms. The van der Waals surface area contributed by atoms with Crippen molar-refractivity contribution in [3.63, 3.8) is 0 Å². The molecule has 0 aromatic heterocycles. The summed E-state index contributed by atoms with van der Waals surface area (Å²) in [6.45, 7) is 0.694. The molecule has 1 saturated carbocycles. The lowest BCUT2D eigenvalue weighted by atomic mass is 10.00. The first-order valence-electron chi connectivity index (χ1n) is 8.22. The van der Waals surface area contributed by atoms with Gasteiger partial charge in [0, 0.05) is 19.0 Å². The molecule has 3 nitrogen and oxygen atoms in total. The van der Waals surface area contributed by atoms with Crippen molar-refractivity contribution in [1.82, 2.24) is 5.32 Å². The predicted molar refractivity (Wildman–Crippen MR) is 90.6 cm³/mol. The molecule has 0 unspecified atom stereocenters. The molecule has 0 radical (unpaired) electrons. The molecule has 2 aromatic rings. The average Bonchev–Trinajstić information content (AvgIpc) is 2.92. The molecule has 2 aromatic carbocycles. The molecule has 1 amide bonds. The number of rotatable bonds is 5. The number of carbonyl (C=O) groups excluding carboxylic acids is 1. The van der Waals surface area contributed by atoms with Crippen LogP contribution < -0.4 is 11.1 Å². The second-order valence-electron chi connectivity index (χ2n) is 6.34. The third kappa shape index (κ3) is 3.66. The minimum Gasteiger partial charge on any atom is -0.356 e. The largest absolute Gasteiger partial charge is 0.356 e. The minimum absolute atomic E-state index is 0.142. The molecule has 22 heavy (non-hydrogen) atoms. The molecule has 3 rings (SSSR count). The number of nitrogens with one attached hydrogen (secondary N) is 1. The quantitative estimate of drug-likeness (QED) is 0.891. The highest BCUT2D eigenvalue weighted by atomic mass is 16.1. The number of benzene rings is 2. The molecule has 1 aliphatic carbocycles. The monoisotopic (exact) mass is 296 g/mol. The lowest BCUT2D eigenvalue weighted by Gasteiger charge is -2.14. The number of carbonyl (C=O) groups is 1. The Hall–Kier alpha value is -1.87. The zero-order valence-corrected chi connectivity index (χ0v) is 12.9. The van der Waals surface area contributed by atoms with Gasteiger partial charge in [-0.25, -0.2) is 0 Å². The summed E-state index contributed by atoms with van der Waals surface area (Å²) in [6, 6.07) is 15.0. The van der Waals surface area contributed by atoms with Gasteiger partial charge in [-0.1, -0.05) is 48.9 Å². The van der Waals surface area contributed by atoms with Gasteiger partial charge in [0.25, 0.3) is 0 Å². The number of nitrogens with two attached hydrogens (primary N) is 1. The topological polar surface area (TPSA) is 55.1 Å². The van der Waals surface area contributed by atoms with Crippen LogP contribution in [0.5, 0.6) is 0 Å². The van der Waals surface area contributed by atoms with E-state index in [2.05, 4.69) is 47.8 Å². The summed E-state index contributed by atoms with van der Waals surface area (Å²) >= 11 is 0. The summed E-state index contributed by atoms with van der Waals surface area (Å²) in [4.78, 5) is 12.0. The Labute approximate surface area is 131 Å².